The first-order chi connectivity index (χ1) is 8.59. The molecule has 0 N–H and O–H groups in total. The lowest BCUT2D eigenvalue weighted by atomic mass is 9.85. The summed E-state index contributed by atoms with van der Waals surface area (Å²) in [6.07, 6.45) is 4.05. The molecule has 6 heteroatoms. The normalized spacial score (nSPS) is 36.4. The Labute approximate surface area is 109 Å². The molecule has 2 fully saturated rings. The minimum absolute atomic E-state index is 0.0855. The van der Waals surface area contributed by atoms with Gasteiger partial charge in [0.1, 0.15) is 6.61 Å². The summed E-state index contributed by atoms with van der Waals surface area (Å²) >= 11 is 1.70. The maximum Gasteiger partial charge on any atom is 0.302 e. The second-order valence-corrected chi connectivity index (χ2v) is 6.03. The van der Waals surface area contributed by atoms with Gasteiger partial charge in [0.15, 0.2) is 0 Å². The van der Waals surface area contributed by atoms with Crippen molar-refractivity contribution in [1.29, 1.82) is 0 Å². The van der Waals surface area contributed by atoms with E-state index in [1.807, 2.05) is 12.2 Å². The van der Waals surface area contributed by atoms with Crippen molar-refractivity contribution in [2.24, 2.45) is 11.8 Å². The number of carbonyl (C=O) groups is 3. The minimum atomic E-state index is -0.397. The van der Waals surface area contributed by atoms with Crippen LogP contribution in [0, 0.1) is 11.8 Å². The number of ether oxygens (including phenoxy) is 1. The summed E-state index contributed by atoms with van der Waals surface area (Å²) in [4.78, 5) is 36.3. The topological polar surface area (TPSA) is 63.7 Å². The summed E-state index contributed by atoms with van der Waals surface area (Å²) in [7, 11) is 0. The fourth-order valence-corrected chi connectivity index (χ4v) is 4.50. The third-order valence-electron chi connectivity index (χ3n) is 3.62. The molecule has 4 atom stereocenters. The molecule has 0 saturated carbocycles. The van der Waals surface area contributed by atoms with Crippen LogP contribution in [0.5, 0.6) is 0 Å². The maximum absolute atomic E-state index is 12.2. The lowest BCUT2D eigenvalue weighted by Gasteiger charge is -2.16. The van der Waals surface area contributed by atoms with E-state index in [0.29, 0.717) is 0 Å². The molecule has 2 bridgehead atoms. The fourth-order valence-electron chi connectivity index (χ4n) is 2.87. The van der Waals surface area contributed by atoms with Crippen molar-refractivity contribution in [3.8, 4) is 0 Å². The Bertz CT molecular complexity index is 431. The van der Waals surface area contributed by atoms with Crippen LogP contribution in [0.4, 0.5) is 0 Å². The molecule has 96 valence electrons. The van der Waals surface area contributed by atoms with Gasteiger partial charge in [-0.2, -0.15) is 0 Å². The molecular formula is C12H13NO4S. The summed E-state index contributed by atoms with van der Waals surface area (Å²) in [5, 5.41) is 0.297. The Hall–Kier alpha value is -1.30. The quantitative estimate of drug-likeness (QED) is 0.415. The molecule has 3 aliphatic heterocycles. The third-order valence-corrected chi connectivity index (χ3v) is 5.15. The van der Waals surface area contributed by atoms with Gasteiger partial charge in [0.05, 0.1) is 18.4 Å². The molecule has 5 nitrogen and oxygen atoms in total. The van der Waals surface area contributed by atoms with Gasteiger partial charge >= 0.3 is 5.97 Å². The van der Waals surface area contributed by atoms with Crippen LogP contribution in [0.3, 0.4) is 0 Å². The van der Waals surface area contributed by atoms with Gasteiger partial charge in [0.25, 0.3) is 0 Å². The van der Waals surface area contributed by atoms with Crippen molar-refractivity contribution in [2.75, 3.05) is 13.2 Å². The number of carbonyl (C=O) groups excluding carboxylic acids is 3. The minimum Gasteiger partial charge on any atom is -0.464 e. The molecule has 2 saturated heterocycles. The zero-order chi connectivity index (χ0) is 12.9. The predicted octanol–water partition coefficient (Wildman–Crippen LogP) is 0.204. The Morgan fingerprint density at radius 3 is 2.33 bits per heavy atom. The molecule has 18 heavy (non-hydrogen) atoms. The first-order valence-corrected chi connectivity index (χ1v) is 6.86. The van der Waals surface area contributed by atoms with Crippen molar-refractivity contribution in [1.82, 2.24) is 4.90 Å². The van der Waals surface area contributed by atoms with Gasteiger partial charge < -0.3 is 4.74 Å². The van der Waals surface area contributed by atoms with E-state index < -0.39 is 5.97 Å². The molecule has 2 amide bonds. The van der Waals surface area contributed by atoms with Crippen LogP contribution in [0.15, 0.2) is 12.2 Å². The molecule has 3 aliphatic rings. The highest BCUT2D eigenvalue weighted by Crippen LogP contribution is 2.52. The monoisotopic (exact) mass is 267 g/mol. The summed E-state index contributed by atoms with van der Waals surface area (Å²) < 4.78 is 4.79. The number of amides is 2. The summed E-state index contributed by atoms with van der Waals surface area (Å²) in [6.45, 7) is 1.57. The van der Waals surface area contributed by atoms with E-state index in [0.717, 1.165) is 0 Å². The molecule has 0 aromatic heterocycles. The zero-order valence-electron chi connectivity index (χ0n) is 9.87. The van der Waals surface area contributed by atoms with Gasteiger partial charge in [-0.15, -0.1) is 11.8 Å². The number of esters is 1. The maximum atomic E-state index is 12.2. The van der Waals surface area contributed by atoms with E-state index in [9.17, 15) is 14.4 Å². The molecule has 3 heterocycles. The van der Waals surface area contributed by atoms with E-state index in [-0.39, 0.29) is 47.3 Å². The van der Waals surface area contributed by atoms with Crippen molar-refractivity contribution >= 4 is 29.5 Å². The number of thioether (sulfide) groups is 1. The van der Waals surface area contributed by atoms with Crippen molar-refractivity contribution in [3.05, 3.63) is 12.2 Å². The van der Waals surface area contributed by atoms with Crippen LogP contribution in [0.25, 0.3) is 0 Å². The Kier molecular flexibility index (Phi) is 2.69. The van der Waals surface area contributed by atoms with Gasteiger partial charge in [-0.3, -0.25) is 19.3 Å². The van der Waals surface area contributed by atoms with Gasteiger partial charge in [0, 0.05) is 17.4 Å². The molecule has 4 unspecified atom stereocenters. The Morgan fingerprint density at radius 1 is 1.28 bits per heavy atom. The second kappa shape index (κ2) is 4.12. The van der Waals surface area contributed by atoms with Gasteiger partial charge in [0.2, 0.25) is 11.8 Å². The van der Waals surface area contributed by atoms with Gasteiger partial charge in [-0.25, -0.2) is 0 Å². The number of likely N-dealkylation sites (tertiary alicyclic amines) is 1. The molecule has 0 aromatic rings. The van der Waals surface area contributed by atoms with Crippen LogP contribution in [-0.2, 0) is 19.1 Å². The molecule has 0 spiro atoms. The summed E-state index contributed by atoms with van der Waals surface area (Å²) in [6, 6.07) is 0. The smallest absolute Gasteiger partial charge is 0.302 e. The largest absolute Gasteiger partial charge is 0.464 e. The van der Waals surface area contributed by atoms with Crippen molar-refractivity contribution in [2.45, 2.75) is 17.4 Å². The highest BCUT2D eigenvalue weighted by molar-refractivity contribution is 8.01. The van der Waals surface area contributed by atoms with E-state index in [1.165, 1.54) is 11.8 Å². The van der Waals surface area contributed by atoms with Crippen molar-refractivity contribution < 1.29 is 19.1 Å². The zero-order valence-corrected chi connectivity index (χ0v) is 10.7. The third kappa shape index (κ3) is 1.59. The Balaban J connectivity index is 1.70. The average molecular weight is 267 g/mol. The van der Waals surface area contributed by atoms with Crippen LogP contribution in [0.2, 0.25) is 0 Å². The predicted molar refractivity (Wildman–Crippen MR) is 64.6 cm³/mol. The first-order valence-electron chi connectivity index (χ1n) is 5.92. The van der Waals surface area contributed by atoms with E-state index in [4.69, 9.17) is 4.74 Å². The van der Waals surface area contributed by atoms with Gasteiger partial charge in [-0.1, -0.05) is 12.2 Å². The molecule has 0 aromatic carbocycles. The van der Waals surface area contributed by atoms with Crippen LogP contribution in [-0.4, -0.2) is 46.3 Å². The lowest BCUT2D eigenvalue weighted by molar-refractivity contribution is -0.147. The SMILES string of the molecule is CC(=O)OCCN1C(=O)C2C3C=CC(S3)C2C1=O. The van der Waals surface area contributed by atoms with Crippen LogP contribution in [0.1, 0.15) is 6.92 Å². The van der Waals surface area contributed by atoms with Crippen LogP contribution >= 0.6 is 11.8 Å². The highest BCUT2D eigenvalue weighted by Gasteiger charge is 2.59. The van der Waals surface area contributed by atoms with E-state index in [2.05, 4.69) is 0 Å². The Morgan fingerprint density at radius 2 is 1.83 bits per heavy atom. The number of hydrogen-bond acceptors (Lipinski definition) is 5. The highest BCUT2D eigenvalue weighted by atomic mass is 32.2. The fraction of sp³-hybridized carbons (Fsp3) is 0.583. The van der Waals surface area contributed by atoms with Crippen LogP contribution < -0.4 is 0 Å². The number of rotatable bonds is 3. The number of imide groups is 1. The molecular weight excluding hydrogens is 254 g/mol. The molecule has 0 radical (unpaired) electrons. The number of fused-ring (bicyclic) bond motifs is 5. The van der Waals surface area contributed by atoms with E-state index >= 15 is 0 Å². The average Bonchev–Trinajstić information content (AvgIpc) is 2.97. The van der Waals surface area contributed by atoms with E-state index in [1.54, 1.807) is 11.8 Å². The molecule has 0 aliphatic carbocycles. The standard InChI is InChI=1S/C12H13NO4S/c1-6(14)17-5-4-13-11(15)9-7-2-3-8(18-7)10(9)12(13)16/h2-3,7-10H,4-5H2,1H3. The van der Waals surface area contributed by atoms with Crippen molar-refractivity contribution in [3.63, 3.8) is 0 Å². The number of hydrogen-bond donors (Lipinski definition) is 0. The summed E-state index contributed by atoms with van der Waals surface area (Å²) in [5.74, 6) is -1.01. The molecule has 3 rings (SSSR count). The number of nitrogens with zero attached hydrogens (tertiary/aromatic N) is 1. The summed E-state index contributed by atoms with van der Waals surface area (Å²) in [5.41, 5.74) is 0. The second-order valence-electron chi connectivity index (χ2n) is 4.67. The van der Waals surface area contributed by atoms with Gasteiger partial charge in [-0.05, 0) is 0 Å². The first kappa shape index (κ1) is 11.8. The lowest BCUT2D eigenvalue weighted by Crippen LogP contribution is -2.36.